The molecule has 1 aliphatic rings. The van der Waals surface area contributed by atoms with Crippen molar-refractivity contribution in [3.63, 3.8) is 0 Å². The summed E-state index contributed by atoms with van der Waals surface area (Å²) in [5.41, 5.74) is 2.58. The lowest BCUT2D eigenvalue weighted by Gasteiger charge is -2.38. The molecule has 0 atom stereocenters. The molecule has 2 N–H and O–H groups in total. The molecule has 0 unspecified atom stereocenters. The molecule has 14 heteroatoms. The van der Waals surface area contributed by atoms with Gasteiger partial charge in [0.05, 0.1) is 21.8 Å². The van der Waals surface area contributed by atoms with Crippen molar-refractivity contribution < 1.29 is 33.0 Å². The molecule has 1 aliphatic heterocycles. The van der Waals surface area contributed by atoms with Crippen molar-refractivity contribution in [3.05, 3.63) is 109 Å². The molecule has 1 fully saturated rings. The summed E-state index contributed by atoms with van der Waals surface area (Å²) in [5.74, 6) is -2.16. The van der Waals surface area contributed by atoms with E-state index < -0.39 is 22.0 Å². The first kappa shape index (κ1) is 33.7. The number of halogens is 1. The lowest BCUT2D eigenvalue weighted by atomic mass is 10.1. The number of thiophene rings is 2. The van der Waals surface area contributed by atoms with E-state index in [4.69, 9.17) is 0 Å². The lowest BCUT2D eigenvalue weighted by Crippen LogP contribution is -2.49. The number of carbonyl (C=O) groups is 3. The molecule has 0 radical (unpaired) electrons. The first-order valence-electron chi connectivity index (χ1n) is 14.9. The fourth-order valence-electron chi connectivity index (χ4n) is 5.79. The third-order valence-electron chi connectivity index (χ3n) is 8.36. The van der Waals surface area contributed by atoms with Gasteiger partial charge in [0.2, 0.25) is 0 Å². The van der Waals surface area contributed by atoms with E-state index in [2.05, 4.69) is 20.8 Å². The molecule has 10 nitrogen and oxygen atoms in total. The maximum atomic E-state index is 14.6. The number of anilines is 2. The third kappa shape index (κ3) is 6.57. The van der Waals surface area contributed by atoms with Crippen LogP contribution in [0.5, 0.6) is 0 Å². The number of amides is 1. The minimum Gasteiger partial charge on any atom is -0.478 e. The number of piperazine rings is 1. The second-order valence-corrected chi connectivity index (χ2v) is 15.9. The largest absolute Gasteiger partial charge is 0.478 e. The molecular weight excluding hydrogens is 738 g/mol. The average Bonchev–Trinajstić information content (AvgIpc) is 3.67. The van der Waals surface area contributed by atoms with Gasteiger partial charge in [0, 0.05) is 41.9 Å². The van der Waals surface area contributed by atoms with E-state index in [0.29, 0.717) is 64.5 Å². The first-order valence-corrected chi connectivity index (χ1v) is 18.9. The highest BCUT2D eigenvalue weighted by atomic mass is 79.9. The number of hydrogen-bond acceptors (Lipinski definition) is 8. The van der Waals surface area contributed by atoms with Gasteiger partial charge in [0.25, 0.3) is 15.9 Å². The van der Waals surface area contributed by atoms with Gasteiger partial charge < -0.3 is 20.0 Å². The summed E-state index contributed by atoms with van der Waals surface area (Å²) in [6, 6.07) is 20.1. The maximum absolute atomic E-state index is 14.6. The summed E-state index contributed by atoms with van der Waals surface area (Å²) < 4.78 is 32.0. The van der Waals surface area contributed by atoms with Crippen molar-refractivity contribution in [3.8, 4) is 0 Å². The molecule has 2 aromatic heterocycles. The summed E-state index contributed by atoms with van der Waals surface area (Å²) in [4.78, 5) is 41.0. The summed E-state index contributed by atoms with van der Waals surface area (Å²) in [7, 11) is -4.18. The number of hydrogen-bond donors (Lipinski definition) is 2. The van der Waals surface area contributed by atoms with E-state index in [0.717, 1.165) is 21.4 Å². The van der Waals surface area contributed by atoms with E-state index >= 15 is 0 Å². The van der Waals surface area contributed by atoms with Gasteiger partial charge in [-0.3, -0.25) is 9.10 Å². The van der Waals surface area contributed by atoms with Gasteiger partial charge >= 0.3 is 11.9 Å². The number of fused-ring (bicyclic) bond motifs is 1. The SMILES string of the molecule is Cc1c(C(=O)O)sc2ccc(S(=O)(=O)N(CCc3ccc(C(=O)O)cc3)c3ccccc3N3CCN(C(=O)c4sccc4Br)CC3)cc12. The number of nitrogens with zero attached hydrogens (tertiary/aromatic N) is 3. The third-order valence-corrected chi connectivity index (χ3v) is 13.3. The van der Waals surface area contributed by atoms with Crippen LogP contribution in [0.3, 0.4) is 0 Å². The highest BCUT2D eigenvalue weighted by Gasteiger charge is 2.31. The summed E-state index contributed by atoms with van der Waals surface area (Å²) in [5, 5.41) is 21.4. The van der Waals surface area contributed by atoms with Crippen LogP contribution >= 0.6 is 38.6 Å². The molecule has 3 heterocycles. The number of sulfonamides is 1. The predicted molar refractivity (Wildman–Crippen MR) is 192 cm³/mol. The van der Waals surface area contributed by atoms with Crippen LogP contribution in [-0.2, 0) is 16.4 Å². The number of carbonyl (C=O) groups excluding carboxylic acids is 1. The number of para-hydroxylation sites is 2. The quantitative estimate of drug-likeness (QED) is 0.158. The summed E-state index contributed by atoms with van der Waals surface area (Å²) >= 11 is 5.94. The minimum absolute atomic E-state index is 0.0285. The summed E-state index contributed by atoms with van der Waals surface area (Å²) in [6.45, 7) is 3.63. The van der Waals surface area contributed by atoms with Crippen LogP contribution in [-0.4, -0.2) is 74.1 Å². The number of aryl methyl sites for hydroxylation is 1. The number of rotatable bonds is 10. The fourth-order valence-corrected chi connectivity index (χ4v) is 9.83. The van der Waals surface area contributed by atoms with Crippen LogP contribution in [0.1, 0.15) is 40.8 Å². The van der Waals surface area contributed by atoms with Gasteiger partial charge in [-0.1, -0.05) is 24.3 Å². The first-order chi connectivity index (χ1) is 23.0. The zero-order chi connectivity index (χ0) is 34.2. The van der Waals surface area contributed by atoms with Crippen molar-refractivity contribution in [2.24, 2.45) is 0 Å². The Hall–Kier alpha value is -4.24. The van der Waals surface area contributed by atoms with E-state index in [9.17, 15) is 33.0 Å². The van der Waals surface area contributed by atoms with E-state index in [-0.39, 0.29) is 27.8 Å². The highest BCUT2D eigenvalue weighted by molar-refractivity contribution is 9.10. The van der Waals surface area contributed by atoms with Gasteiger partial charge in [0.15, 0.2) is 0 Å². The van der Waals surface area contributed by atoms with Crippen LogP contribution in [0.15, 0.2) is 87.5 Å². The Morgan fingerprint density at radius 2 is 1.60 bits per heavy atom. The van der Waals surface area contributed by atoms with E-state index in [1.807, 2.05) is 23.6 Å². The Kier molecular flexibility index (Phi) is 9.61. The predicted octanol–water partition coefficient (Wildman–Crippen LogP) is 6.83. The molecule has 248 valence electrons. The van der Waals surface area contributed by atoms with Crippen LogP contribution in [0, 0.1) is 6.92 Å². The average molecular weight is 769 g/mol. The molecule has 6 rings (SSSR count). The Labute approximate surface area is 293 Å². The van der Waals surface area contributed by atoms with E-state index in [1.165, 1.54) is 39.9 Å². The van der Waals surface area contributed by atoms with Crippen LogP contribution in [0.25, 0.3) is 10.1 Å². The summed E-state index contributed by atoms with van der Waals surface area (Å²) in [6.07, 6.45) is 0.300. The number of aromatic carboxylic acids is 2. The van der Waals surface area contributed by atoms with Crippen molar-refractivity contribution >= 4 is 87.9 Å². The van der Waals surface area contributed by atoms with Crippen LogP contribution in [0.4, 0.5) is 11.4 Å². The zero-order valence-electron chi connectivity index (χ0n) is 25.6. The van der Waals surface area contributed by atoms with Crippen LogP contribution < -0.4 is 9.21 Å². The lowest BCUT2D eigenvalue weighted by molar-refractivity contribution is 0.0688. The second-order valence-electron chi connectivity index (χ2n) is 11.2. The fraction of sp³-hybridized carbons (Fsp3) is 0.206. The Morgan fingerprint density at radius 3 is 2.25 bits per heavy atom. The van der Waals surface area contributed by atoms with Gasteiger partial charge in [0.1, 0.15) is 9.75 Å². The van der Waals surface area contributed by atoms with Gasteiger partial charge in [-0.2, -0.15) is 0 Å². The maximum Gasteiger partial charge on any atom is 0.346 e. The normalized spacial score (nSPS) is 13.5. The molecule has 1 saturated heterocycles. The van der Waals surface area contributed by atoms with Gasteiger partial charge in [-0.15, -0.1) is 22.7 Å². The number of carboxylic acids is 2. The van der Waals surface area contributed by atoms with Crippen molar-refractivity contribution in [2.45, 2.75) is 18.2 Å². The van der Waals surface area contributed by atoms with Gasteiger partial charge in [-0.25, -0.2) is 18.0 Å². The standard InChI is InChI=1S/C34H30BrN3O7S3/c1-21-25-20-24(10-11-29(25)47-30(21)34(42)43)48(44,45)38(14-12-22-6-8-23(9-7-22)33(40)41)28-5-3-2-4-27(28)36-15-17-37(18-16-36)32(39)31-26(35)13-19-46-31/h2-11,13,19-20H,12,14-18H2,1H3,(H,40,41)(H,42,43). The molecule has 5 aromatic rings. The smallest absolute Gasteiger partial charge is 0.346 e. The molecule has 3 aromatic carbocycles. The number of carboxylic acid groups (broad SMARTS) is 2. The van der Waals surface area contributed by atoms with Crippen molar-refractivity contribution in [1.29, 1.82) is 0 Å². The van der Waals surface area contributed by atoms with Crippen molar-refractivity contribution in [2.75, 3.05) is 41.9 Å². The molecule has 0 aliphatic carbocycles. The van der Waals surface area contributed by atoms with Crippen LogP contribution in [0.2, 0.25) is 0 Å². The van der Waals surface area contributed by atoms with Crippen molar-refractivity contribution in [1.82, 2.24) is 4.90 Å². The topological polar surface area (TPSA) is 136 Å². The number of benzene rings is 3. The molecular formula is C34H30BrN3O7S3. The zero-order valence-corrected chi connectivity index (χ0v) is 29.7. The molecule has 0 spiro atoms. The molecule has 0 saturated carbocycles. The Bertz CT molecular complexity index is 2140. The Balaban J connectivity index is 1.35. The Morgan fingerprint density at radius 1 is 0.896 bits per heavy atom. The minimum atomic E-state index is -4.18. The van der Waals surface area contributed by atoms with Gasteiger partial charge in [-0.05, 0) is 99.7 Å². The highest BCUT2D eigenvalue weighted by Crippen LogP contribution is 2.37. The molecule has 48 heavy (non-hydrogen) atoms. The molecule has 0 bridgehead atoms. The molecule has 1 amide bonds. The monoisotopic (exact) mass is 767 g/mol. The second kappa shape index (κ2) is 13.7. The van der Waals surface area contributed by atoms with E-state index in [1.54, 1.807) is 42.2 Å².